The van der Waals surface area contributed by atoms with E-state index >= 15 is 0 Å². The first-order valence-corrected chi connectivity index (χ1v) is 10.1. The van der Waals surface area contributed by atoms with E-state index in [1.807, 2.05) is 31.5 Å². The molecule has 0 spiro atoms. The highest BCUT2D eigenvalue weighted by Gasteiger charge is 2.35. The van der Waals surface area contributed by atoms with Crippen molar-refractivity contribution in [1.82, 2.24) is 15.2 Å². The topological polar surface area (TPSA) is 88.3 Å². The molecule has 1 fully saturated rings. The van der Waals surface area contributed by atoms with E-state index in [2.05, 4.69) is 22.4 Å². The summed E-state index contributed by atoms with van der Waals surface area (Å²) in [6, 6.07) is 7.02. The first-order chi connectivity index (χ1) is 12.9. The molecule has 0 saturated carbocycles. The van der Waals surface area contributed by atoms with Gasteiger partial charge in [0.25, 0.3) is 0 Å². The van der Waals surface area contributed by atoms with Gasteiger partial charge in [-0.1, -0.05) is 24.3 Å². The summed E-state index contributed by atoms with van der Waals surface area (Å²) in [5.74, 6) is -0.277. The van der Waals surface area contributed by atoms with Gasteiger partial charge >= 0.3 is 0 Å². The monoisotopic (exact) mass is 386 g/mol. The minimum absolute atomic E-state index is 0.114. The minimum Gasteiger partial charge on any atom is -0.348 e. The molecule has 3 N–H and O–H groups in total. The molecule has 3 atom stereocenters. The normalized spacial score (nSPS) is 19.0. The van der Waals surface area contributed by atoms with Crippen LogP contribution in [0.25, 0.3) is 10.4 Å². The van der Waals surface area contributed by atoms with Crippen molar-refractivity contribution in [2.24, 2.45) is 5.73 Å². The number of benzene rings is 1. The number of likely N-dealkylation sites (tertiary alicyclic amines) is 1. The molecule has 2 heterocycles. The first-order valence-electron chi connectivity index (χ1n) is 9.25. The number of nitrogens with two attached hydrogens (primary N) is 1. The van der Waals surface area contributed by atoms with E-state index in [0.29, 0.717) is 13.0 Å². The summed E-state index contributed by atoms with van der Waals surface area (Å²) in [7, 11) is 0. The van der Waals surface area contributed by atoms with E-state index in [1.165, 1.54) is 0 Å². The molecule has 3 rings (SSSR count). The third-order valence-corrected chi connectivity index (χ3v) is 5.98. The fourth-order valence-electron chi connectivity index (χ4n) is 3.46. The standard InChI is InChI=1S/C20H26N4O2S/c1-12(21)20(26)24-10-4-5-17(24)19(25)23-13(2)15-6-8-16(9-7-15)18-14(3)22-11-27-18/h6-9,11-13,17H,4-5,10,21H2,1-3H3,(H,23,25)/t12-,13-,17-/m0/s1. The maximum absolute atomic E-state index is 12.7. The lowest BCUT2D eigenvalue weighted by molar-refractivity contribution is -0.139. The number of aryl methyl sites for hydroxylation is 1. The van der Waals surface area contributed by atoms with Crippen LogP contribution in [0.1, 0.15) is 44.0 Å². The lowest BCUT2D eigenvalue weighted by Gasteiger charge is -2.27. The predicted molar refractivity (Wildman–Crippen MR) is 107 cm³/mol. The minimum atomic E-state index is -0.585. The highest BCUT2D eigenvalue weighted by Crippen LogP contribution is 2.28. The van der Waals surface area contributed by atoms with Gasteiger partial charge in [-0.15, -0.1) is 11.3 Å². The van der Waals surface area contributed by atoms with Crippen LogP contribution in [0.5, 0.6) is 0 Å². The number of rotatable bonds is 5. The van der Waals surface area contributed by atoms with Gasteiger partial charge < -0.3 is 16.0 Å². The number of hydrogen-bond acceptors (Lipinski definition) is 5. The molecule has 2 aromatic rings. The number of nitrogens with zero attached hydrogens (tertiary/aromatic N) is 2. The zero-order chi connectivity index (χ0) is 19.6. The number of thiazole rings is 1. The average molecular weight is 387 g/mol. The van der Waals surface area contributed by atoms with Crippen LogP contribution in [0, 0.1) is 6.92 Å². The van der Waals surface area contributed by atoms with Gasteiger partial charge in [0.1, 0.15) is 6.04 Å². The molecular formula is C20H26N4O2S. The van der Waals surface area contributed by atoms with Crippen molar-refractivity contribution in [2.75, 3.05) is 6.54 Å². The van der Waals surface area contributed by atoms with Gasteiger partial charge in [-0.3, -0.25) is 9.59 Å². The van der Waals surface area contributed by atoms with Gasteiger partial charge in [0, 0.05) is 6.54 Å². The van der Waals surface area contributed by atoms with E-state index in [0.717, 1.165) is 28.1 Å². The third-order valence-electron chi connectivity index (χ3n) is 5.01. The second-order valence-corrected chi connectivity index (χ2v) is 7.95. The average Bonchev–Trinajstić information content (AvgIpc) is 3.30. The molecule has 0 bridgehead atoms. The number of carbonyl (C=O) groups excluding carboxylic acids is 2. The summed E-state index contributed by atoms with van der Waals surface area (Å²) in [5.41, 5.74) is 10.7. The summed E-state index contributed by atoms with van der Waals surface area (Å²) >= 11 is 1.62. The lowest BCUT2D eigenvalue weighted by atomic mass is 10.0. The summed E-state index contributed by atoms with van der Waals surface area (Å²) < 4.78 is 0. The van der Waals surface area contributed by atoms with E-state index in [4.69, 9.17) is 5.73 Å². The van der Waals surface area contributed by atoms with Gasteiger partial charge in [0.2, 0.25) is 11.8 Å². The van der Waals surface area contributed by atoms with Crippen LogP contribution in [-0.2, 0) is 9.59 Å². The lowest BCUT2D eigenvalue weighted by Crippen LogP contribution is -2.50. The Balaban J connectivity index is 1.66. The number of nitrogens with one attached hydrogen (secondary N) is 1. The maximum Gasteiger partial charge on any atom is 0.243 e. The van der Waals surface area contributed by atoms with Crippen molar-refractivity contribution in [2.45, 2.75) is 51.7 Å². The van der Waals surface area contributed by atoms with Crippen molar-refractivity contribution in [3.8, 4) is 10.4 Å². The van der Waals surface area contributed by atoms with Gasteiger partial charge in [0.15, 0.2) is 0 Å². The van der Waals surface area contributed by atoms with Crippen LogP contribution < -0.4 is 11.1 Å². The maximum atomic E-state index is 12.7. The molecule has 0 unspecified atom stereocenters. The molecule has 144 valence electrons. The Morgan fingerprint density at radius 1 is 1.30 bits per heavy atom. The van der Waals surface area contributed by atoms with E-state index < -0.39 is 12.1 Å². The van der Waals surface area contributed by atoms with Crippen molar-refractivity contribution in [3.63, 3.8) is 0 Å². The van der Waals surface area contributed by atoms with Crippen molar-refractivity contribution in [3.05, 3.63) is 41.0 Å². The summed E-state index contributed by atoms with van der Waals surface area (Å²) in [6.45, 7) is 6.21. The molecule has 2 amide bonds. The Hall–Kier alpha value is -2.25. The molecule has 1 aliphatic heterocycles. The number of hydrogen-bond donors (Lipinski definition) is 2. The Morgan fingerprint density at radius 2 is 2.00 bits per heavy atom. The summed E-state index contributed by atoms with van der Waals surface area (Å²) in [4.78, 5) is 32.0. The molecule has 1 aliphatic rings. The second kappa shape index (κ2) is 8.19. The van der Waals surface area contributed by atoms with Gasteiger partial charge in [-0.25, -0.2) is 4.98 Å². The van der Waals surface area contributed by atoms with Crippen LogP contribution in [0.3, 0.4) is 0 Å². The highest BCUT2D eigenvalue weighted by atomic mass is 32.1. The van der Waals surface area contributed by atoms with Crippen LogP contribution >= 0.6 is 11.3 Å². The fourth-order valence-corrected chi connectivity index (χ4v) is 4.27. The predicted octanol–water partition coefficient (Wildman–Crippen LogP) is 2.63. The molecule has 1 saturated heterocycles. The SMILES string of the molecule is Cc1ncsc1-c1ccc([C@H](C)NC(=O)[C@@H]2CCCN2C(=O)[C@H](C)N)cc1. The zero-order valence-corrected chi connectivity index (χ0v) is 16.8. The first kappa shape index (κ1) is 19.5. The Kier molecular flexibility index (Phi) is 5.92. The van der Waals surface area contributed by atoms with Crippen LogP contribution in [0.15, 0.2) is 29.8 Å². The Labute approximate surface area is 163 Å². The summed E-state index contributed by atoms with van der Waals surface area (Å²) in [5, 5.41) is 3.04. The number of aromatic nitrogens is 1. The molecule has 1 aromatic carbocycles. The molecule has 1 aromatic heterocycles. The molecule has 27 heavy (non-hydrogen) atoms. The van der Waals surface area contributed by atoms with Gasteiger partial charge in [0.05, 0.1) is 28.2 Å². The molecule has 0 radical (unpaired) electrons. The van der Waals surface area contributed by atoms with E-state index in [9.17, 15) is 9.59 Å². The molecule has 6 nitrogen and oxygen atoms in total. The van der Waals surface area contributed by atoms with Gasteiger partial charge in [-0.05, 0) is 44.7 Å². The van der Waals surface area contributed by atoms with Crippen molar-refractivity contribution < 1.29 is 9.59 Å². The second-order valence-electron chi connectivity index (χ2n) is 7.10. The number of amides is 2. The number of carbonyl (C=O) groups is 2. The largest absolute Gasteiger partial charge is 0.348 e. The van der Waals surface area contributed by atoms with Crippen molar-refractivity contribution >= 4 is 23.2 Å². The Bertz CT molecular complexity index is 816. The van der Waals surface area contributed by atoms with Crippen LogP contribution in [-0.4, -0.2) is 40.3 Å². The zero-order valence-electron chi connectivity index (χ0n) is 15.9. The molecule has 7 heteroatoms. The van der Waals surface area contributed by atoms with E-state index in [1.54, 1.807) is 23.2 Å². The fraction of sp³-hybridized carbons (Fsp3) is 0.450. The van der Waals surface area contributed by atoms with Crippen molar-refractivity contribution in [1.29, 1.82) is 0 Å². The van der Waals surface area contributed by atoms with Gasteiger partial charge in [-0.2, -0.15) is 0 Å². The molecule has 0 aliphatic carbocycles. The third kappa shape index (κ3) is 4.20. The molecular weight excluding hydrogens is 360 g/mol. The van der Waals surface area contributed by atoms with Crippen LogP contribution in [0.4, 0.5) is 0 Å². The Morgan fingerprint density at radius 3 is 2.59 bits per heavy atom. The highest BCUT2D eigenvalue weighted by molar-refractivity contribution is 7.13. The smallest absolute Gasteiger partial charge is 0.243 e. The van der Waals surface area contributed by atoms with Crippen LogP contribution in [0.2, 0.25) is 0 Å². The summed E-state index contributed by atoms with van der Waals surface area (Å²) in [6.07, 6.45) is 1.51. The van der Waals surface area contributed by atoms with E-state index in [-0.39, 0.29) is 17.9 Å². The quantitative estimate of drug-likeness (QED) is 0.827.